The van der Waals surface area contributed by atoms with Crippen molar-refractivity contribution in [3.05, 3.63) is 23.4 Å². The minimum absolute atomic E-state index is 0.0209. The number of alkyl halides is 1. The molecular weight excluding hydrogens is 408 g/mol. The van der Waals surface area contributed by atoms with Crippen LogP contribution in [0.5, 0.6) is 5.75 Å². The number of carboxylic acids is 1. The quantitative estimate of drug-likeness (QED) is 0.428. The van der Waals surface area contributed by atoms with E-state index in [1.54, 1.807) is 11.0 Å². The number of benzene rings is 1. The number of nitrogens with one attached hydrogen (secondary N) is 1. The van der Waals surface area contributed by atoms with Gasteiger partial charge < -0.3 is 19.7 Å². The first-order valence-corrected chi connectivity index (χ1v) is 10.6. The Morgan fingerprint density at radius 2 is 2.03 bits per heavy atom. The second kappa shape index (κ2) is 6.23. The van der Waals surface area contributed by atoms with Crippen molar-refractivity contribution in [3.63, 3.8) is 0 Å². The molecule has 1 aromatic carbocycles. The highest BCUT2D eigenvalue weighted by molar-refractivity contribution is 6.19. The zero-order valence-corrected chi connectivity index (χ0v) is 17.6. The van der Waals surface area contributed by atoms with E-state index in [4.69, 9.17) is 16.3 Å². The van der Waals surface area contributed by atoms with E-state index in [0.29, 0.717) is 43.9 Å². The Morgan fingerprint density at radius 1 is 1.33 bits per heavy atom. The first kappa shape index (κ1) is 19.4. The topological polar surface area (TPSA) is 99.7 Å². The number of anilines is 1. The number of halogens is 1. The third-order valence-electron chi connectivity index (χ3n) is 7.10. The molecule has 2 N–H and O–H groups in total. The summed E-state index contributed by atoms with van der Waals surface area (Å²) in [5, 5.41) is 10.3. The van der Waals surface area contributed by atoms with Crippen molar-refractivity contribution in [1.29, 1.82) is 0 Å². The Labute approximate surface area is 178 Å². The minimum atomic E-state index is -0.748. The molecule has 7 nitrogen and oxygen atoms in total. The van der Waals surface area contributed by atoms with Gasteiger partial charge in [0.2, 0.25) is 5.91 Å². The maximum Gasteiger partial charge on any atom is 0.309 e. The highest BCUT2D eigenvalue weighted by Crippen LogP contribution is 2.75. The van der Waals surface area contributed by atoms with Gasteiger partial charge in [-0.3, -0.25) is 14.4 Å². The molecule has 2 heterocycles. The van der Waals surface area contributed by atoms with Crippen LogP contribution < -0.4 is 9.64 Å². The fourth-order valence-electron chi connectivity index (χ4n) is 5.94. The van der Waals surface area contributed by atoms with E-state index in [0.717, 1.165) is 27.7 Å². The van der Waals surface area contributed by atoms with E-state index in [1.807, 2.05) is 13.1 Å². The molecule has 3 aliphatic carbocycles. The number of fused-ring (bicyclic) bond motifs is 3. The van der Waals surface area contributed by atoms with Gasteiger partial charge in [0.25, 0.3) is 0 Å². The molecule has 0 radical (unpaired) electrons. The lowest BCUT2D eigenvalue weighted by atomic mass is 9.34. The molecule has 8 heteroatoms. The number of aromatic amines is 1. The summed E-state index contributed by atoms with van der Waals surface area (Å²) in [7, 11) is 0. The maximum atomic E-state index is 13.3. The predicted molar refractivity (Wildman–Crippen MR) is 111 cm³/mol. The van der Waals surface area contributed by atoms with Crippen LogP contribution in [-0.4, -0.2) is 40.4 Å². The van der Waals surface area contributed by atoms with Gasteiger partial charge in [0.1, 0.15) is 0 Å². The molecular formula is C22H23ClN2O5. The van der Waals surface area contributed by atoms with E-state index in [2.05, 4.69) is 4.98 Å². The lowest BCUT2D eigenvalue weighted by Gasteiger charge is -2.68. The first-order chi connectivity index (χ1) is 14.2. The Morgan fingerprint density at radius 3 is 2.63 bits per heavy atom. The third kappa shape index (κ3) is 2.54. The number of carbonyl (C=O) groups is 3. The van der Waals surface area contributed by atoms with Gasteiger partial charge in [0.05, 0.1) is 16.6 Å². The average molecular weight is 431 g/mol. The van der Waals surface area contributed by atoms with Crippen LogP contribution in [0, 0.1) is 17.8 Å². The molecule has 1 aliphatic heterocycles. The highest BCUT2D eigenvalue weighted by atomic mass is 35.5. The smallest absolute Gasteiger partial charge is 0.309 e. The molecule has 0 saturated heterocycles. The Kier molecular flexibility index (Phi) is 4.04. The number of carbonyl (C=O) groups excluding carboxylic acids is 2. The van der Waals surface area contributed by atoms with Crippen molar-refractivity contribution < 1.29 is 24.2 Å². The van der Waals surface area contributed by atoms with Gasteiger partial charge in [-0.1, -0.05) is 0 Å². The second-order valence-corrected chi connectivity index (χ2v) is 9.58. The molecule has 1 aromatic heterocycles. The lowest BCUT2D eigenvalue weighted by molar-refractivity contribution is -0.224. The van der Waals surface area contributed by atoms with Crippen LogP contribution in [0.1, 0.15) is 49.7 Å². The fourth-order valence-corrected chi connectivity index (χ4v) is 6.19. The summed E-state index contributed by atoms with van der Waals surface area (Å²) in [4.78, 5) is 41.2. The van der Waals surface area contributed by atoms with Crippen molar-refractivity contribution >= 4 is 46.0 Å². The summed E-state index contributed by atoms with van der Waals surface area (Å²) in [5.74, 6) is -0.455. The first-order valence-electron chi connectivity index (χ1n) is 10.1. The molecule has 1 unspecified atom stereocenters. The summed E-state index contributed by atoms with van der Waals surface area (Å²) >= 11 is 6.28. The molecule has 3 fully saturated rings. The normalized spacial score (nSPS) is 28.6. The molecule has 1 amide bonds. The maximum absolute atomic E-state index is 13.3. The molecule has 2 aromatic rings. The number of aryl methyl sites for hydroxylation is 1. The van der Waals surface area contributed by atoms with Crippen molar-refractivity contribution in [1.82, 2.24) is 4.98 Å². The van der Waals surface area contributed by atoms with E-state index in [1.165, 1.54) is 6.92 Å². The molecule has 30 heavy (non-hydrogen) atoms. The lowest BCUT2D eigenvalue weighted by Crippen LogP contribution is -2.66. The molecule has 158 valence electrons. The fraction of sp³-hybridized carbons (Fsp3) is 0.500. The van der Waals surface area contributed by atoms with Crippen LogP contribution >= 0.6 is 11.6 Å². The summed E-state index contributed by atoms with van der Waals surface area (Å²) in [6, 6.07) is 1.75. The van der Waals surface area contributed by atoms with Gasteiger partial charge in [0, 0.05) is 49.3 Å². The Bertz CT molecular complexity index is 1100. The van der Waals surface area contributed by atoms with Crippen molar-refractivity contribution in [3.8, 4) is 5.75 Å². The van der Waals surface area contributed by atoms with Crippen LogP contribution in [0.15, 0.2) is 12.3 Å². The van der Waals surface area contributed by atoms with Crippen molar-refractivity contribution in [2.75, 3.05) is 17.3 Å². The van der Waals surface area contributed by atoms with Gasteiger partial charge in [-0.2, -0.15) is 0 Å². The number of aromatic nitrogens is 1. The van der Waals surface area contributed by atoms with Gasteiger partial charge in [-0.15, -0.1) is 11.6 Å². The van der Waals surface area contributed by atoms with E-state index in [-0.39, 0.29) is 17.2 Å². The molecule has 0 spiro atoms. The van der Waals surface area contributed by atoms with E-state index >= 15 is 0 Å². The summed E-state index contributed by atoms with van der Waals surface area (Å²) in [6.07, 6.45) is 3.94. The third-order valence-corrected chi connectivity index (χ3v) is 7.47. The van der Waals surface area contributed by atoms with Crippen LogP contribution in [0.25, 0.3) is 10.9 Å². The minimum Gasteiger partial charge on any atom is -0.481 e. The summed E-state index contributed by atoms with van der Waals surface area (Å²) < 4.78 is 5.44. The monoisotopic (exact) mass is 430 g/mol. The van der Waals surface area contributed by atoms with E-state index < -0.39 is 17.4 Å². The Balaban J connectivity index is 1.51. The Hall–Kier alpha value is -2.54. The number of nitrogens with zero attached hydrogens (tertiary/aromatic N) is 1. The van der Waals surface area contributed by atoms with Gasteiger partial charge in [0.15, 0.2) is 5.75 Å². The number of amides is 1. The van der Waals surface area contributed by atoms with Gasteiger partial charge in [-0.05, 0) is 42.7 Å². The van der Waals surface area contributed by atoms with Crippen LogP contribution in [0.3, 0.4) is 0 Å². The zero-order chi connectivity index (χ0) is 21.4. The average Bonchev–Trinajstić information content (AvgIpc) is 3.16. The van der Waals surface area contributed by atoms with Crippen molar-refractivity contribution in [2.45, 2.75) is 45.4 Å². The predicted octanol–water partition coefficient (Wildman–Crippen LogP) is 3.72. The van der Waals surface area contributed by atoms with E-state index in [9.17, 15) is 19.5 Å². The van der Waals surface area contributed by atoms with Gasteiger partial charge >= 0.3 is 11.9 Å². The number of hydrogen-bond donors (Lipinski definition) is 2. The van der Waals surface area contributed by atoms with Gasteiger partial charge in [-0.25, -0.2) is 0 Å². The molecule has 3 saturated carbocycles. The van der Waals surface area contributed by atoms with Crippen LogP contribution in [0.2, 0.25) is 0 Å². The molecule has 6 rings (SSSR count). The standard InChI is InChI=1S/C22H23ClN2O5/c1-11-6-24-19-15(30-12(2)26)3-14-18(17(11)19)13(5-23)7-25(14)16(27)4-21-8-22(9-21,10-21)20(28)29/h3,6,13,24H,4-5,7-10H2,1-2H3,(H,28,29). The number of esters is 1. The molecule has 1 atom stereocenters. The number of ether oxygens (including phenoxy) is 1. The molecule has 4 aliphatic rings. The number of hydrogen-bond acceptors (Lipinski definition) is 4. The number of carboxylic acid groups (broad SMARTS) is 1. The summed E-state index contributed by atoms with van der Waals surface area (Å²) in [6.45, 7) is 3.79. The summed E-state index contributed by atoms with van der Waals surface area (Å²) in [5.41, 5.74) is 2.69. The number of H-pyrrole nitrogens is 1. The SMILES string of the molecule is CC(=O)Oc1cc2c(c3c(C)c[nH]c13)C(CCl)CN2C(=O)CC12CC(C(=O)O)(C1)C2. The van der Waals surface area contributed by atoms with Crippen molar-refractivity contribution in [2.24, 2.45) is 10.8 Å². The highest BCUT2D eigenvalue weighted by Gasteiger charge is 2.72. The zero-order valence-electron chi connectivity index (χ0n) is 16.9. The van der Waals surface area contributed by atoms with Crippen LogP contribution in [-0.2, 0) is 14.4 Å². The number of rotatable bonds is 5. The second-order valence-electron chi connectivity index (χ2n) is 9.27. The molecule has 2 bridgehead atoms. The largest absolute Gasteiger partial charge is 0.481 e. The van der Waals surface area contributed by atoms with Crippen LogP contribution in [0.4, 0.5) is 5.69 Å². The number of aliphatic carboxylic acids is 1.